The van der Waals surface area contributed by atoms with E-state index in [9.17, 15) is 0 Å². The first kappa shape index (κ1) is 13.7. The Morgan fingerprint density at radius 3 is 2.94 bits per heavy atom. The molecule has 1 fully saturated rings. The Morgan fingerprint density at radius 1 is 1.56 bits per heavy atom. The average Bonchev–Trinajstić information content (AvgIpc) is 2.32. The molecule has 2 unspecified atom stereocenters. The van der Waals surface area contributed by atoms with Crippen molar-refractivity contribution in [3.63, 3.8) is 0 Å². The molecule has 0 bridgehead atoms. The largest absolute Gasteiger partial charge is 0.377 e. The van der Waals surface area contributed by atoms with Crippen molar-refractivity contribution in [1.29, 1.82) is 0 Å². The minimum absolute atomic E-state index is 0.135. The Balaban J connectivity index is 2.17. The summed E-state index contributed by atoms with van der Waals surface area (Å²) in [4.78, 5) is 2.34. The van der Waals surface area contributed by atoms with Gasteiger partial charge in [-0.3, -0.25) is 0 Å². The number of nitrogens with two attached hydrogens (primary N) is 1. The summed E-state index contributed by atoms with van der Waals surface area (Å²) in [6.07, 6.45) is 0.817. The van der Waals surface area contributed by atoms with Gasteiger partial charge in [-0.2, -0.15) is 0 Å². The number of hydrogen-bond donors (Lipinski definition) is 1. The van der Waals surface area contributed by atoms with Crippen molar-refractivity contribution < 1.29 is 4.74 Å². The highest BCUT2D eigenvalue weighted by molar-refractivity contribution is 6.31. The normalized spacial score (nSPS) is 22.0. The number of ether oxygens (including phenoxy) is 1. The van der Waals surface area contributed by atoms with Crippen LogP contribution in [0.5, 0.6) is 0 Å². The topological polar surface area (TPSA) is 38.5 Å². The monoisotopic (exact) mass is 268 g/mol. The molecule has 2 rings (SSSR count). The van der Waals surface area contributed by atoms with Gasteiger partial charge in [0, 0.05) is 29.3 Å². The fourth-order valence-corrected chi connectivity index (χ4v) is 2.59. The summed E-state index contributed by atoms with van der Waals surface area (Å²) in [5, 5.41) is 0.809. The van der Waals surface area contributed by atoms with Crippen LogP contribution in [-0.4, -0.2) is 31.8 Å². The molecule has 1 aromatic carbocycles. The zero-order valence-corrected chi connectivity index (χ0v) is 11.8. The van der Waals surface area contributed by atoms with Crippen LogP contribution in [0.25, 0.3) is 0 Å². The van der Waals surface area contributed by atoms with Gasteiger partial charge in [0.15, 0.2) is 0 Å². The maximum atomic E-state index is 6.33. The molecule has 100 valence electrons. The van der Waals surface area contributed by atoms with Crippen LogP contribution >= 0.6 is 11.6 Å². The SMILES string of the molecule is CC(N)Cc1ccc(N2CCOCC2C)cc1Cl. The van der Waals surface area contributed by atoms with Crippen LogP contribution in [0.3, 0.4) is 0 Å². The fraction of sp³-hybridized carbons (Fsp3) is 0.571. The molecule has 1 heterocycles. The molecule has 3 nitrogen and oxygen atoms in total. The van der Waals surface area contributed by atoms with Gasteiger partial charge in [0.1, 0.15) is 0 Å². The molecule has 1 aliphatic rings. The van der Waals surface area contributed by atoms with Gasteiger partial charge >= 0.3 is 0 Å². The van der Waals surface area contributed by atoms with E-state index in [1.807, 2.05) is 13.0 Å². The minimum atomic E-state index is 0.135. The van der Waals surface area contributed by atoms with Crippen LogP contribution in [0.4, 0.5) is 5.69 Å². The van der Waals surface area contributed by atoms with E-state index in [2.05, 4.69) is 24.0 Å². The molecule has 0 amide bonds. The number of nitrogens with zero attached hydrogens (tertiary/aromatic N) is 1. The van der Waals surface area contributed by atoms with Gasteiger partial charge in [0.2, 0.25) is 0 Å². The lowest BCUT2D eigenvalue weighted by molar-refractivity contribution is 0.0989. The lowest BCUT2D eigenvalue weighted by Crippen LogP contribution is -2.43. The number of benzene rings is 1. The lowest BCUT2D eigenvalue weighted by Gasteiger charge is -2.35. The second-order valence-corrected chi connectivity index (χ2v) is 5.48. The summed E-state index contributed by atoms with van der Waals surface area (Å²) in [7, 11) is 0. The van der Waals surface area contributed by atoms with Crippen molar-refractivity contribution in [3.8, 4) is 0 Å². The van der Waals surface area contributed by atoms with E-state index in [1.54, 1.807) is 0 Å². The standard InChI is InChI=1S/C14H21ClN2O/c1-10(16)7-12-3-4-13(8-14(12)15)17-5-6-18-9-11(17)2/h3-4,8,10-11H,5-7,9,16H2,1-2H3. The Labute approximate surface area is 114 Å². The summed E-state index contributed by atoms with van der Waals surface area (Å²) < 4.78 is 5.45. The van der Waals surface area contributed by atoms with Gasteiger partial charge in [-0.15, -0.1) is 0 Å². The van der Waals surface area contributed by atoms with Gasteiger partial charge in [-0.05, 0) is 38.0 Å². The molecule has 1 aromatic rings. The maximum absolute atomic E-state index is 6.33. The van der Waals surface area contributed by atoms with E-state index in [0.29, 0.717) is 6.04 Å². The smallest absolute Gasteiger partial charge is 0.0668 e. The van der Waals surface area contributed by atoms with Crippen molar-refractivity contribution in [1.82, 2.24) is 0 Å². The van der Waals surface area contributed by atoms with Crippen molar-refractivity contribution in [2.24, 2.45) is 5.73 Å². The van der Waals surface area contributed by atoms with E-state index in [4.69, 9.17) is 22.1 Å². The van der Waals surface area contributed by atoms with E-state index in [-0.39, 0.29) is 6.04 Å². The van der Waals surface area contributed by atoms with Crippen LogP contribution in [-0.2, 0) is 11.2 Å². The number of hydrogen-bond acceptors (Lipinski definition) is 3. The molecule has 18 heavy (non-hydrogen) atoms. The second-order valence-electron chi connectivity index (χ2n) is 5.07. The van der Waals surface area contributed by atoms with Gasteiger partial charge in [0.25, 0.3) is 0 Å². The highest BCUT2D eigenvalue weighted by atomic mass is 35.5. The molecule has 0 spiro atoms. The van der Waals surface area contributed by atoms with E-state index in [1.165, 1.54) is 5.69 Å². The zero-order chi connectivity index (χ0) is 13.1. The molecule has 2 atom stereocenters. The number of halogens is 1. The number of morpholine rings is 1. The molecule has 0 aromatic heterocycles. The minimum Gasteiger partial charge on any atom is -0.377 e. The zero-order valence-electron chi connectivity index (χ0n) is 11.0. The summed E-state index contributed by atoms with van der Waals surface area (Å²) in [5.41, 5.74) is 8.10. The first-order valence-corrected chi connectivity index (χ1v) is 6.84. The van der Waals surface area contributed by atoms with Crippen molar-refractivity contribution in [2.75, 3.05) is 24.7 Å². The van der Waals surface area contributed by atoms with Crippen molar-refractivity contribution in [3.05, 3.63) is 28.8 Å². The Morgan fingerprint density at radius 2 is 2.33 bits per heavy atom. The Kier molecular flexibility index (Phi) is 4.49. The highest BCUT2D eigenvalue weighted by Crippen LogP contribution is 2.26. The van der Waals surface area contributed by atoms with Crippen LogP contribution in [0.15, 0.2) is 18.2 Å². The lowest BCUT2D eigenvalue weighted by atomic mass is 10.1. The predicted octanol–water partition coefficient (Wildman–Crippen LogP) is 2.45. The summed E-state index contributed by atoms with van der Waals surface area (Å²) in [6, 6.07) is 6.79. The maximum Gasteiger partial charge on any atom is 0.0668 e. The molecule has 1 aliphatic heterocycles. The van der Waals surface area contributed by atoms with E-state index < -0.39 is 0 Å². The van der Waals surface area contributed by atoms with Crippen molar-refractivity contribution in [2.45, 2.75) is 32.4 Å². The van der Waals surface area contributed by atoms with Crippen LogP contribution in [0, 0.1) is 0 Å². The molecule has 0 radical (unpaired) electrons. The number of rotatable bonds is 3. The fourth-order valence-electron chi connectivity index (χ4n) is 2.34. The molecular formula is C14H21ClN2O. The molecule has 1 saturated heterocycles. The molecule has 0 aliphatic carbocycles. The summed E-state index contributed by atoms with van der Waals surface area (Å²) in [6.45, 7) is 6.64. The third kappa shape index (κ3) is 3.16. The molecule has 2 N–H and O–H groups in total. The number of anilines is 1. The van der Waals surface area contributed by atoms with Gasteiger partial charge in [-0.25, -0.2) is 0 Å². The summed E-state index contributed by atoms with van der Waals surface area (Å²) >= 11 is 6.33. The summed E-state index contributed by atoms with van der Waals surface area (Å²) in [5.74, 6) is 0. The van der Waals surface area contributed by atoms with Crippen LogP contribution < -0.4 is 10.6 Å². The predicted molar refractivity (Wildman–Crippen MR) is 76.4 cm³/mol. The Bertz CT molecular complexity index is 409. The average molecular weight is 269 g/mol. The molecular weight excluding hydrogens is 248 g/mol. The second kappa shape index (κ2) is 5.91. The van der Waals surface area contributed by atoms with E-state index in [0.717, 1.165) is 36.8 Å². The third-order valence-corrected chi connectivity index (χ3v) is 3.63. The molecule has 4 heteroatoms. The van der Waals surface area contributed by atoms with Crippen LogP contribution in [0.2, 0.25) is 5.02 Å². The van der Waals surface area contributed by atoms with Gasteiger partial charge < -0.3 is 15.4 Å². The van der Waals surface area contributed by atoms with Gasteiger partial charge in [-0.1, -0.05) is 17.7 Å². The van der Waals surface area contributed by atoms with Crippen LogP contribution in [0.1, 0.15) is 19.4 Å². The van der Waals surface area contributed by atoms with Crippen molar-refractivity contribution >= 4 is 17.3 Å². The van der Waals surface area contributed by atoms with E-state index >= 15 is 0 Å². The first-order valence-electron chi connectivity index (χ1n) is 6.46. The Hall–Kier alpha value is -0.770. The highest BCUT2D eigenvalue weighted by Gasteiger charge is 2.19. The molecule has 0 saturated carbocycles. The quantitative estimate of drug-likeness (QED) is 0.915. The van der Waals surface area contributed by atoms with Gasteiger partial charge in [0.05, 0.1) is 13.2 Å². The first-order chi connectivity index (χ1) is 8.58. The third-order valence-electron chi connectivity index (χ3n) is 3.28.